The maximum Gasteiger partial charge on any atom is 0.472 e. The highest BCUT2D eigenvalue weighted by Gasteiger charge is 2.25. The Morgan fingerprint density at radius 2 is 0.915 bits per heavy atom. The van der Waals surface area contributed by atoms with Crippen molar-refractivity contribution in [3.8, 4) is 0 Å². The first-order valence-electron chi connectivity index (χ1n) is 21.7. The standard InChI is InChI=1S/C49H76NO8P/c1-3-5-7-9-11-13-15-17-19-21-23-25-27-29-31-33-35-37-39-41-48(51)55-45-47(46-57-59(53,54)56-44-43-50)58-49(52)42-40-38-36-34-32-30-28-26-24-22-20-18-16-14-12-10-8-6-4-2/h6,8,11-14,17-20,23-26,29-32,35-38,47H,3-5,7,9-10,15-16,21-22,27-28,33-34,39-46,50H2,1-2H3,(H,53,54)/b8-6-,13-11-,14-12-,19-17-,20-18-,25-23-,26-24-,31-29-,32-30-,37-35-,38-36-/t47-/m1/s1. The lowest BCUT2D eigenvalue weighted by atomic mass is 10.2. The number of phosphoric ester groups is 1. The molecule has 3 N–H and O–H groups in total. The zero-order valence-corrected chi connectivity index (χ0v) is 37.1. The van der Waals surface area contributed by atoms with Gasteiger partial charge in [0.15, 0.2) is 6.10 Å². The quantitative estimate of drug-likeness (QED) is 0.0270. The average Bonchev–Trinajstić information content (AvgIpc) is 3.22. The Balaban J connectivity index is 4.44. The van der Waals surface area contributed by atoms with Gasteiger partial charge in [-0.3, -0.25) is 18.6 Å². The monoisotopic (exact) mass is 838 g/mol. The summed E-state index contributed by atoms with van der Waals surface area (Å²) in [5, 5.41) is 0. The highest BCUT2D eigenvalue weighted by atomic mass is 31.2. The number of hydrogen-bond acceptors (Lipinski definition) is 8. The van der Waals surface area contributed by atoms with Crippen LogP contribution in [0, 0.1) is 0 Å². The molecule has 330 valence electrons. The Bertz CT molecular complexity index is 1420. The van der Waals surface area contributed by atoms with Gasteiger partial charge < -0.3 is 20.1 Å². The Kier molecular flexibility index (Phi) is 40.9. The van der Waals surface area contributed by atoms with Crippen LogP contribution < -0.4 is 5.73 Å². The van der Waals surface area contributed by atoms with E-state index in [1.807, 2.05) is 24.3 Å². The lowest BCUT2D eigenvalue weighted by molar-refractivity contribution is -0.161. The predicted molar refractivity (Wildman–Crippen MR) is 247 cm³/mol. The van der Waals surface area contributed by atoms with Crippen LogP contribution in [0.4, 0.5) is 0 Å². The molecule has 9 nitrogen and oxygen atoms in total. The zero-order chi connectivity index (χ0) is 43.2. The van der Waals surface area contributed by atoms with Crippen molar-refractivity contribution in [1.29, 1.82) is 0 Å². The van der Waals surface area contributed by atoms with Crippen LogP contribution in [-0.2, 0) is 32.7 Å². The molecule has 0 aliphatic rings. The van der Waals surface area contributed by atoms with Crippen LogP contribution in [-0.4, -0.2) is 49.3 Å². The molecule has 0 saturated carbocycles. The van der Waals surface area contributed by atoms with Gasteiger partial charge in [-0.2, -0.15) is 0 Å². The lowest BCUT2D eigenvalue weighted by Gasteiger charge is -2.19. The summed E-state index contributed by atoms with van der Waals surface area (Å²) in [6.07, 6.45) is 60.8. The number of carbonyl (C=O) groups is 2. The van der Waals surface area contributed by atoms with Crippen molar-refractivity contribution in [2.24, 2.45) is 5.73 Å². The Morgan fingerprint density at radius 1 is 0.525 bits per heavy atom. The number of hydrogen-bond donors (Lipinski definition) is 2. The Labute approximate surface area is 357 Å². The number of unbranched alkanes of at least 4 members (excludes halogenated alkanes) is 3. The highest BCUT2D eigenvalue weighted by Crippen LogP contribution is 2.43. The van der Waals surface area contributed by atoms with Crippen LogP contribution in [0.15, 0.2) is 134 Å². The van der Waals surface area contributed by atoms with Crippen molar-refractivity contribution in [3.63, 3.8) is 0 Å². The number of rotatable bonds is 38. The first-order chi connectivity index (χ1) is 28.8. The normalized spacial score (nSPS) is 14.6. The van der Waals surface area contributed by atoms with Crippen LogP contribution in [0.2, 0.25) is 0 Å². The molecule has 10 heteroatoms. The molecule has 0 amide bonds. The van der Waals surface area contributed by atoms with Gasteiger partial charge in [-0.25, -0.2) is 4.57 Å². The Morgan fingerprint density at radius 3 is 1.32 bits per heavy atom. The number of esters is 2. The van der Waals surface area contributed by atoms with Crippen molar-refractivity contribution in [3.05, 3.63) is 134 Å². The summed E-state index contributed by atoms with van der Waals surface area (Å²) < 4.78 is 32.6. The first-order valence-corrected chi connectivity index (χ1v) is 23.2. The zero-order valence-electron chi connectivity index (χ0n) is 36.2. The SMILES string of the molecule is CC/C=C\C/C=C\C/C=C\C/C=C\C/C=C\C/C=C\CCC(=O)O[C@H](COC(=O)CC/C=C\C/C=C\C/C=C\C/C=C\C/C=C\CCCCC)COP(=O)(O)OCCN. The molecule has 0 radical (unpaired) electrons. The molecule has 0 aromatic carbocycles. The van der Waals surface area contributed by atoms with Gasteiger partial charge in [-0.1, -0.05) is 160 Å². The van der Waals surface area contributed by atoms with Crippen molar-refractivity contribution in [2.45, 2.75) is 136 Å². The van der Waals surface area contributed by atoms with Crippen LogP contribution in [0.3, 0.4) is 0 Å². The minimum Gasteiger partial charge on any atom is -0.462 e. The second kappa shape index (κ2) is 43.7. The number of ether oxygens (including phenoxy) is 2. The van der Waals surface area contributed by atoms with E-state index >= 15 is 0 Å². The largest absolute Gasteiger partial charge is 0.472 e. The van der Waals surface area contributed by atoms with Crippen molar-refractivity contribution in [2.75, 3.05) is 26.4 Å². The lowest BCUT2D eigenvalue weighted by Crippen LogP contribution is -2.29. The van der Waals surface area contributed by atoms with E-state index in [-0.39, 0.29) is 32.6 Å². The van der Waals surface area contributed by atoms with Crippen molar-refractivity contribution < 1.29 is 37.6 Å². The fourth-order valence-corrected chi connectivity index (χ4v) is 5.64. The predicted octanol–water partition coefficient (Wildman–Crippen LogP) is 12.7. The molecule has 1 unspecified atom stereocenters. The molecule has 2 atom stereocenters. The molecule has 0 fully saturated rings. The second-order valence-electron chi connectivity index (χ2n) is 13.5. The first kappa shape index (κ1) is 55.2. The van der Waals surface area contributed by atoms with Gasteiger partial charge in [0.1, 0.15) is 6.61 Å². The second-order valence-corrected chi connectivity index (χ2v) is 14.9. The molecule has 59 heavy (non-hydrogen) atoms. The molecule has 0 rings (SSSR count). The molecule has 0 saturated heterocycles. The summed E-state index contributed by atoms with van der Waals surface area (Å²) in [4.78, 5) is 34.8. The fraction of sp³-hybridized carbons (Fsp3) is 0.510. The van der Waals surface area contributed by atoms with Gasteiger partial charge in [-0.15, -0.1) is 0 Å². The van der Waals surface area contributed by atoms with Crippen LogP contribution in [0.1, 0.15) is 129 Å². The summed E-state index contributed by atoms with van der Waals surface area (Å²) in [6, 6.07) is 0. The number of phosphoric acid groups is 1. The summed E-state index contributed by atoms with van der Waals surface area (Å²) in [6.45, 7) is 3.38. The average molecular weight is 838 g/mol. The van der Waals surface area contributed by atoms with Gasteiger partial charge in [0.05, 0.1) is 13.2 Å². The summed E-state index contributed by atoms with van der Waals surface area (Å²) in [5.41, 5.74) is 5.34. The fourth-order valence-electron chi connectivity index (χ4n) is 4.88. The third-order valence-electron chi connectivity index (χ3n) is 8.05. The van der Waals surface area contributed by atoms with Gasteiger partial charge in [0, 0.05) is 19.4 Å². The van der Waals surface area contributed by atoms with E-state index in [0.717, 1.165) is 64.2 Å². The van der Waals surface area contributed by atoms with Gasteiger partial charge in [0.25, 0.3) is 0 Å². The molecule has 0 aliphatic heterocycles. The minimum absolute atomic E-state index is 0.0243. The van der Waals surface area contributed by atoms with E-state index < -0.39 is 32.5 Å². The summed E-state index contributed by atoms with van der Waals surface area (Å²) in [7, 11) is -4.42. The van der Waals surface area contributed by atoms with Crippen LogP contribution >= 0.6 is 7.82 Å². The molecular formula is C49H76NO8P. The summed E-state index contributed by atoms with van der Waals surface area (Å²) >= 11 is 0. The van der Waals surface area contributed by atoms with E-state index in [4.69, 9.17) is 24.3 Å². The highest BCUT2D eigenvalue weighted by molar-refractivity contribution is 7.47. The van der Waals surface area contributed by atoms with Gasteiger partial charge >= 0.3 is 19.8 Å². The smallest absolute Gasteiger partial charge is 0.462 e. The van der Waals surface area contributed by atoms with Crippen LogP contribution in [0.25, 0.3) is 0 Å². The van der Waals surface area contributed by atoms with Crippen LogP contribution in [0.5, 0.6) is 0 Å². The molecule has 0 spiro atoms. The molecule has 0 aromatic heterocycles. The van der Waals surface area contributed by atoms with E-state index in [1.54, 1.807) is 0 Å². The number of allylic oxidation sites excluding steroid dienone is 22. The topological polar surface area (TPSA) is 134 Å². The third kappa shape index (κ3) is 43.6. The minimum atomic E-state index is -4.42. The van der Waals surface area contributed by atoms with E-state index in [0.29, 0.717) is 12.8 Å². The maximum atomic E-state index is 12.6. The molecule has 0 aromatic rings. The molecule has 0 heterocycles. The molecule has 0 bridgehead atoms. The van der Waals surface area contributed by atoms with E-state index in [9.17, 15) is 19.0 Å². The number of carbonyl (C=O) groups excluding carboxylic acids is 2. The summed E-state index contributed by atoms with van der Waals surface area (Å²) in [5.74, 6) is -1.04. The van der Waals surface area contributed by atoms with Gasteiger partial charge in [-0.05, 0) is 89.9 Å². The van der Waals surface area contributed by atoms with Gasteiger partial charge in [0.2, 0.25) is 0 Å². The third-order valence-corrected chi connectivity index (χ3v) is 9.03. The molecular weight excluding hydrogens is 762 g/mol. The molecule has 0 aliphatic carbocycles. The van der Waals surface area contributed by atoms with E-state index in [1.165, 1.54) is 25.7 Å². The van der Waals surface area contributed by atoms with E-state index in [2.05, 4.69) is 123 Å². The maximum absolute atomic E-state index is 12.6. The number of nitrogens with two attached hydrogens (primary N) is 1. The van der Waals surface area contributed by atoms with Crippen molar-refractivity contribution in [1.82, 2.24) is 0 Å². The Hall–Kier alpha value is -3.85. The van der Waals surface area contributed by atoms with Crippen molar-refractivity contribution >= 4 is 19.8 Å².